The summed E-state index contributed by atoms with van der Waals surface area (Å²) in [6, 6.07) is 13.7. The van der Waals surface area contributed by atoms with Crippen LogP contribution in [0.1, 0.15) is 18.1 Å². The Morgan fingerprint density at radius 1 is 1.28 bits per heavy atom. The zero-order valence-electron chi connectivity index (χ0n) is 10.3. The monoisotopic (exact) mass is 237 g/mol. The normalized spacial score (nSPS) is 13.6. The molecule has 0 saturated heterocycles. The number of pyridine rings is 1. The molecule has 1 heterocycles. The van der Waals surface area contributed by atoms with Crippen molar-refractivity contribution in [2.24, 2.45) is 0 Å². The molecule has 1 unspecified atom stereocenters. The molecule has 0 saturated carbocycles. The fourth-order valence-electron chi connectivity index (χ4n) is 2.11. The van der Waals surface area contributed by atoms with Crippen molar-refractivity contribution in [3.05, 3.63) is 59.9 Å². The Labute approximate surface area is 107 Å². The van der Waals surface area contributed by atoms with Crippen LogP contribution in [0.4, 0.5) is 5.69 Å². The predicted molar refractivity (Wildman–Crippen MR) is 71.8 cm³/mol. The van der Waals surface area contributed by atoms with E-state index in [0.29, 0.717) is 12.1 Å². The van der Waals surface area contributed by atoms with E-state index in [9.17, 15) is 5.26 Å². The number of nitrogens with two attached hydrogens (primary N) is 1. The van der Waals surface area contributed by atoms with Gasteiger partial charge in [-0.25, -0.2) is 0 Å². The molecule has 1 atom stereocenters. The molecular formula is C15H15N3. The highest BCUT2D eigenvalue weighted by atomic mass is 14.6. The molecule has 3 heteroatoms. The number of hydrogen-bond acceptors (Lipinski definition) is 3. The molecule has 0 aliphatic carbocycles. The van der Waals surface area contributed by atoms with Crippen LogP contribution >= 0.6 is 0 Å². The minimum absolute atomic E-state index is 0.603. The van der Waals surface area contributed by atoms with Crippen LogP contribution in [0.25, 0.3) is 0 Å². The zero-order chi connectivity index (χ0) is 13.0. The van der Waals surface area contributed by atoms with E-state index in [0.717, 1.165) is 11.1 Å². The summed E-state index contributed by atoms with van der Waals surface area (Å²) in [5.41, 5.74) is 7.90. The van der Waals surface area contributed by atoms with Crippen LogP contribution in [-0.4, -0.2) is 4.98 Å². The lowest BCUT2D eigenvalue weighted by molar-refractivity contribution is 0.607. The highest BCUT2D eigenvalue weighted by Gasteiger charge is 2.28. The summed E-state index contributed by atoms with van der Waals surface area (Å²) in [5, 5.41) is 9.50. The lowest BCUT2D eigenvalue weighted by atomic mass is 9.78. The quantitative estimate of drug-likeness (QED) is 0.835. The number of nitrogen functional groups attached to an aromatic ring is 1. The fraction of sp³-hybridized carbons (Fsp3) is 0.200. The number of aromatic nitrogens is 1. The molecule has 18 heavy (non-hydrogen) atoms. The van der Waals surface area contributed by atoms with Crippen molar-refractivity contribution < 1.29 is 0 Å². The van der Waals surface area contributed by atoms with E-state index >= 15 is 0 Å². The lowest BCUT2D eigenvalue weighted by Gasteiger charge is -2.23. The number of anilines is 1. The summed E-state index contributed by atoms with van der Waals surface area (Å²) < 4.78 is 0. The highest BCUT2D eigenvalue weighted by molar-refractivity contribution is 5.53. The maximum Gasteiger partial charge on any atom is 0.0854 e. The van der Waals surface area contributed by atoms with Gasteiger partial charge in [0.2, 0.25) is 0 Å². The second-order valence-corrected chi connectivity index (χ2v) is 4.57. The molecule has 0 radical (unpaired) electrons. The molecule has 0 bridgehead atoms. The number of benzene rings is 1. The number of rotatable bonds is 3. The minimum atomic E-state index is -0.631. The van der Waals surface area contributed by atoms with E-state index in [2.05, 4.69) is 11.1 Å². The third-order valence-corrected chi connectivity index (χ3v) is 3.08. The molecule has 1 aromatic heterocycles. The van der Waals surface area contributed by atoms with E-state index in [4.69, 9.17) is 5.73 Å². The lowest BCUT2D eigenvalue weighted by Crippen LogP contribution is -2.24. The van der Waals surface area contributed by atoms with Crippen molar-refractivity contribution in [3.8, 4) is 6.07 Å². The van der Waals surface area contributed by atoms with Gasteiger partial charge in [-0.15, -0.1) is 0 Å². The Bertz CT molecular complexity index is 572. The average Bonchev–Trinajstić information content (AvgIpc) is 2.40. The van der Waals surface area contributed by atoms with Gasteiger partial charge < -0.3 is 5.73 Å². The molecule has 2 N–H and O–H groups in total. The van der Waals surface area contributed by atoms with Crippen LogP contribution < -0.4 is 5.73 Å². The van der Waals surface area contributed by atoms with E-state index in [1.54, 1.807) is 12.4 Å². The molecule has 0 aliphatic rings. The Hall–Kier alpha value is -2.34. The van der Waals surface area contributed by atoms with Gasteiger partial charge in [0.05, 0.1) is 11.5 Å². The van der Waals surface area contributed by atoms with Gasteiger partial charge in [-0.3, -0.25) is 4.98 Å². The number of nitrogens with zero attached hydrogens (tertiary/aromatic N) is 2. The molecule has 0 spiro atoms. The smallest absolute Gasteiger partial charge is 0.0854 e. The summed E-state index contributed by atoms with van der Waals surface area (Å²) in [7, 11) is 0. The predicted octanol–water partition coefficient (Wildman–Crippen LogP) is 2.69. The summed E-state index contributed by atoms with van der Waals surface area (Å²) in [6.07, 6.45) is 4.12. The first-order chi connectivity index (χ1) is 8.65. The van der Waals surface area contributed by atoms with E-state index in [1.807, 2.05) is 43.3 Å². The van der Waals surface area contributed by atoms with Crippen molar-refractivity contribution in [2.45, 2.75) is 18.8 Å². The second-order valence-electron chi connectivity index (χ2n) is 4.57. The third-order valence-electron chi connectivity index (χ3n) is 3.08. The minimum Gasteiger partial charge on any atom is -0.398 e. The maximum atomic E-state index is 9.50. The second kappa shape index (κ2) is 4.89. The molecule has 2 rings (SSSR count). The van der Waals surface area contributed by atoms with Crippen LogP contribution in [0, 0.1) is 11.3 Å². The zero-order valence-corrected chi connectivity index (χ0v) is 10.3. The average molecular weight is 237 g/mol. The van der Waals surface area contributed by atoms with Crippen LogP contribution in [0.5, 0.6) is 0 Å². The molecule has 2 aromatic rings. The van der Waals surface area contributed by atoms with Crippen LogP contribution in [0.15, 0.2) is 48.8 Å². The van der Waals surface area contributed by atoms with Gasteiger partial charge in [0.15, 0.2) is 0 Å². The van der Waals surface area contributed by atoms with Gasteiger partial charge in [-0.2, -0.15) is 5.26 Å². The summed E-state index contributed by atoms with van der Waals surface area (Å²) in [5.74, 6) is 0. The largest absolute Gasteiger partial charge is 0.398 e. The first-order valence-electron chi connectivity index (χ1n) is 5.81. The molecule has 0 fully saturated rings. The van der Waals surface area contributed by atoms with Crippen LogP contribution in [-0.2, 0) is 11.8 Å². The highest BCUT2D eigenvalue weighted by Crippen LogP contribution is 2.31. The first-order valence-corrected chi connectivity index (χ1v) is 5.81. The molecule has 0 amide bonds. The Morgan fingerprint density at radius 3 is 2.67 bits per heavy atom. The van der Waals surface area contributed by atoms with Crippen molar-refractivity contribution in [1.82, 2.24) is 4.98 Å². The number of para-hydroxylation sites is 1. The molecular weight excluding hydrogens is 222 g/mol. The van der Waals surface area contributed by atoms with Crippen molar-refractivity contribution >= 4 is 5.69 Å². The molecule has 0 aliphatic heterocycles. The first kappa shape index (κ1) is 12.1. The number of nitriles is 1. The molecule has 3 nitrogen and oxygen atoms in total. The third kappa shape index (κ3) is 2.33. The van der Waals surface area contributed by atoms with Gasteiger partial charge in [0.25, 0.3) is 0 Å². The maximum absolute atomic E-state index is 9.50. The van der Waals surface area contributed by atoms with Gasteiger partial charge in [0.1, 0.15) is 0 Å². The topological polar surface area (TPSA) is 62.7 Å². The van der Waals surface area contributed by atoms with E-state index in [-0.39, 0.29) is 0 Å². The summed E-state index contributed by atoms with van der Waals surface area (Å²) in [4.78, 5) is 4.08. The van der Waals surface area contributed by atoms with E-state index in [1.165, 1.54) is 0 Å². The van der Waals surface area contributed by atoms with Gasteiger partial charge in [0, 0.05) is 18.1 Å². The Morgan fingerprint density at radius 2 is 2.06 bits per heavy atom. The van der Waals surface area contributed by atoms with Crippen LogP contribution in [0.2, 0.25) is 0 Å². The van der Waals surface area contributed by atoms with E-state index < -0.39 is 5.41 Å². The summed E-state index contributed by atoms with van der Waals surface area (Å²) in [6.45, 7) is 1.91. The Balaban J connectivity index is 2.38. The SMILES string of the molecule is CC(C#N)(Cc1cccnc1)c1ccccc1N. The van der Waals surface area contributed by atoms with Gasteiger partial charge in [-0.1, -0.05) is 24.3 Å². The summed E-state index contributed by atoms with van der Waals surface area (Å²) >= 11 is 0. The fourth-order valence-corrected chi connectivity index (χ4v) is 2.11. The molecule has 90 valence electrons. The molecule has 1 aromatic carbocycles. The standard InChI is InChI=1S/C15H15N3/c1-15(11-16,9-12-5-4-8-18-10-12)13-6-2-3-7-14(13)17/h2-8,10H,9,17H2,1H3. The van der Waals surface area contributed by atoms with Gasteiger partial charge in [-0.05, 0) is 36.6 Å². The van der Waals surface area contributed by atoms with Crippen molar-refractivity contribution in [2.75, 3.05) is 5.73 Å². The van der Waals surface area contributed by atoms with Crippen LogP contribution in [0.3, 0.4) is 0 Å². The van der Waals surface area contributed by atoms with Crippen molar-refractivity contribution in [3.63, 3.8) is 0 Å². The number of hydrogen-bond donors (Lipinski definition) is 1. The van der Waals surface area contributed by atoms with Gasteiger partial charge >= 0.3 is 0 Å². The van der Waals surface area contributed by atoms with Crippen molar-refractivity contribution in [1.29, 1.82) is 5.26 Å². The Kier molecular flexibility index (Phi) is 3.29.